The molecule has 2 amide bonds. The van der Waals surface area contributed by atoms with E-state index in [9.17, 15) is 23.2 Å². The van der Waals surface area contributed by atoms with Crippen molar-refractivity contribution in [3.05, 3.63) is 40.9 Å². The average Bonchev–Trinajstić information content (AvgIpc) is 2.57. The molecule has 1 aromatic carbocycles. The summed E-state index contributed by atoms with van der Waals surface area (Å²) < 4.78 is 30.9. The molecule has 26 heavy (non-hydrogen) atoms. The summed E-state index contributed by atoms with van der Waals surface area (Å²) in [5, 5.41) is 22.9. The summed E-state index contributed by atoms with van der Waals surface area (Å²) >= 11 is 0. The highest BCUT2D eigenvalue weighted by Crippen LogP contribution is 2.15. The number of carbonyl (C=O) groups excluding carboxylic acids is 1. The first-order chi connectivity index (χ1) is 12.2. The number of carboxylic acids is 1. The Morgan fingerprint density at radius 1 is 1.27 bits per heavy atom. The molecule has 1 aromatic heterocycles. The number of amides is 2. The van der Waals surface area contributed by atoms with Gasteiger partial charge in [-0.15, -0.1) is 0 Å². The lowest BCUT2D eigenvalue weighted by Gasteiger charge is -2.12. The first kappa shape index (κ1) is 18.9. The number of nitrogens with zero attached hydrogens (tertiary/aromatic N) is 3. The Morgan fingerprint density at radius 3 is 2.54 bits per heavy atom. The van der Waals surface area contributed by atoms with E-state index in [-0.39, 0.29) is 10.6 Å². The molecular formula is C13H13N5O7S. The third-order valence-corrected chi connectivity index (χ3v) is 4.32. The molecule has 0 bridgehead atoms. The van der Waals surface area contributed by atoms with Crippen LogP contribution < -0.4 is 19.5 Å². The molecule has 0 saturated heterocycles. The molecule has 13 heteroatoms. The minimum Gasteiger partial charge on any atom is -0.752 e. The van der Waals surface area contributed by atoms with Crippen LogP contribution in [0.1, 0.15) is 16.2 Å². The third-order valence-electron chi connectivity index (χ3n) is 2.93. The molecule has 0 fully saturated rings. The Balaban J connectivity index is 2.28. The van der Waals surface area contributed by atoms with E-state index in [2.05, 4.69) is 9.97 Å². The number of aromatic carboxylic acids is 1. The number of methoxy groups -OCH3 is 1. The molecule has 0 aliphatic heterocycles. The Morgan fingerprint density at radius 2 is 1.92 bits per heavy atom. The topological polar surface area (TPSA) is 175 Å². The van der Waals surface area contributed by atoms with Crippen LogP contribution in [0.3, 0.4) is 0 Å². The van der Waals surface area contributed by atoms with E-state index in [0.29, 0.717) is 0 Å². The minimum atomic E-state index is -4.52. The fourth-order valence-corrected chi connectivity index (χ4v) is 2.99. The predicted octanol–water partition coefficient (Wildman–Crippen LogP) is -0.364. The molecule has 0 aliphatic rings. The SMILES string of the molecule is COc1nc(C)nc(NC(=O)NS(=O)(=O)c2ccccc2C(=O)O)[n+]1[O-]. The highest BCUT2D eigenvalue weighted by Gasteiger charge is 2.26. The number of benzene rings is 1. The van der Waals surface area contributed by atoms with Crippen molar-refractivity contribution in [2.24, 2.45) is 0 Å². The van der Waals surface area contributed by atoms with E-state index in [4.69, 9.17) is 9.84 Å². The summed E-state index contributed by atoms with van der Waals surface area (Å²) in [6, 6.07) is 2.98. The van der Waals surface area contributed by atoms with Gasteiger partial charge >= 0.3 is 24.0 Å². The number of ether oxygens (including phenoxy) is 1. The molecule has 12 nitrogen and oxygen atoms in total. The van der Waals surface area contributed by atoms with Gasteiger partial charge < -0.3 is 15.1 Å². The smallest absolute Gasteiger partial charge is 0.404 e. The number of carbonyl (C=O) groups is 2. The molecule has 0 unspecified atom stereocenters. The number of carboxylic acid groups (broad SMARTS) is 1. The first-order valence-electron chi connectivity index (χ1n) is 6.84. The van der Waals surface area contributed by atoms with Crippen molar-refractivity contribution < 1.29 is 32.6 Å². The minimum absolute atomic E-state index is 0.0460. The lowest BCUT2D eigenvalue weighted by molar-refractivity contribution is -0.603. The maximum absolute atomic E-state index is 12.3. The van der Waals surface area contributed by atoms with E-state index < -0.39 is 44.4 Å². The summed E-state index contributed by atoms with van der Waals surface area (Å²) in [6.45, 7) is 1.42. The van der Waals surface area contributed by atoms with Gasteiger partial charge in [-0.25, -0.2) is 32.8 Å². The zero-order chi connectivity index (χ0) is 19.5. The maximum atomic E-state index is 12.3. The van der Waals surface area contributed by atoms with Crippen LogP contribution >= 0.6 is 0 Å². The summed E-state index contributed by atoms with van der Waals surface area (Å²) in [6.07, 6.45) is 0. The zero-order valence-corrected chi connectivity index (χ0v) is 14.3. The van der Waals surface area contributed by atoms with Gasteiger partial charge in [0.2, 0.25) is 5.82 Å². The zero-order valence-electron chi connectivity index (χ0n) is 13.5. The molecular weight excluding hydrogens is 370 g/mol. The van der Waals surface area contributed by atoms with Gasteiger partial charge in [-0.2, -0.15) is 0 Å². The van der Waals surface area contributed by atoms with Crippen molar-refractivity contribution in [3.8, 4) is 6.01 Å². The molecule has 0 radical (unpaired) electrons. The second-order valence-corrected chi connectivity index (χ2v) is 6.39. The third kappa shape index (κ3) is 3.94. The van der Waals surface area contributed by atoms with Gasteiger partial charge in [0.15, 0.2) is 0 Å². The van der Waals surface area contributed by atoms with Gasteiger partial charge in [-0.3, -0.25) is 0 Å². The van der Waals surface area contributed by atoms with Crippen LogP contribution in [-0.2, 0) is 10.0 Å². The van der Waals surface area contributed by atoms with Gasteiger partial charge in [0.1, 0.15) is 4.90 Å². The van der Waals surface area contributed by atoms with E-state index >= 15 is 0 Å². The van der Waals surface area contributed by atoms with Gasteiger partial charge in [0.25, 0.3) is 10.0 Å². The Labute approximate surface area is 147 Å². The molecule has 2 rings (SSSR count). The quantitative estimate of drug-likeness (QED) is 0.459. The number of hydrogen-bond donors (Lipinski definition) is 3. The van der Waals surface area contributed by atoms with Crippen LogP contribution in [0.5, 0.6) is 6.01 Å². The summed E-state index contributed by atoms with van der Waals surface area (Å²) in [5.41, 5.74) is -0.522. The molecule has 0 spiro atoms. The second-order valence-electron chi connectivity index (χ2n) is 4.74. The number of anilines is 1. The lowest BCUT2D eigenvalue weighted by Crippen LogP contribution is -2.41. The monoisotopic (exact) mass is 383 g/mol. The number of hydrogen-bond acceptors (Lipinski definition) is 8. The fourth-order valence-electron chi connectivity index (χ4n) is 1.89. The summed E-state index contributed by atoms with van der Waals surface area (Å²) in [7, 11) is -3.35. The van der Waals surface area contributed by atoms with Crippen LogP contribution in [0, 0.1) is 12.1 Å². The standard InChI is InChI=1S/C13H13N5O7S/c1-7-14-11(18(22)13(15-7)25-2)16-12(21)17-26(23,24)9-6-4-3-5-8(9)10(19)20/h3-6H,1-2H3,(H,19,20)(H2,14,15,16,17,21). The van der Waals surface area contributed by atoms with Gasteiger partial charge in [0.05, 0.1) is 12.7 Å². The van der Waals surface area contributed by atoms with Gasteiger partial charge in [-0.05, 0) is 12.1 Å². The number of sulfonamides is 1. The van der Waals surface area contributed by atoms with Gasteiger partial charge in [-0.1, -0.05) is 22.1 Å². The van der Waals surface area contributed by atoms with Crippen molar-refractivity contribution in [1.29, 1.82) is 0 Å². The second kappa shape index (κ2) is 7.18. The number of aryl methyl sites for hydroxylation is 1. The Hall–Kier alpha value is -3.48. The lowest BCUT2D eigenvalue weighted by atomic mass is 10.2. The molecule has 0 saturated carbocycles. The molecule has 0 aliphatic carbocycles. The summed E-state index contributed by atoms with van der Waals surface area (Å²) in [4.78, 5) is 29.8. The van der Waals surface area contributed by atoms with Crippen LogP contribution in [-0.4, -0.2) is 42.6 Å². The van der Waals surface area contributed by atoms with Crippen LogP contribution in [0.4, 0.5) is 10.7 Å². The van der Waals surface area contributed by atoms with Crippen LogP contribution in [0.15, 0.2) is 29.2 Å². The van der Waals surface area contributed by atoms with Crippen molar-refractivity contribution in [3.63, 3.8) is 0 Å². The van der Waals surface area contributed by atoms with E-state index in [1.807, 2.05) is 5.32 Å². The summed E-state index contributed by atoms with van der Waals surface area (Å²) in [5.74, 6) is -1.98. The predicted molar refractivity (Wildman–Crippen MR) is 85.0 cm³/mol. The molecule has 2 aromatic rings. The van der Waals surface area contributed by atoms with Gasteiger partial charge in [0, 0.05) is 6.92 Å². The molecule has 1 heterocycles. The Kier molecular flexibility index (Phi) is 5.21. The average molecular weight is 383 g/mol. The van der Waals surface area contributed by atoms with Crippen molar-refractivity contribution in [2.75, 3.05) is 12.4 Å². The highest BCUT2D eigenvalue weighted by molar-refractivity contribution is 7.90. The normalized spacial score (nSPS) is 10.8. The van der Waals surface area contributed by atoms with Crippen molar-refractivity contribution >= 4 is 28.0 Å². The number of aromatic nitrogens is 3. The molecule has 0 atom stereocenters. The highest BCUT2D eigenvalue weighted by atomic mass is 32.2. The molecule has 3 N–H and O–H groups in total. The van der Waals surface area contributed by atoms with Crippen molar-refractivity contribution in [1.82, 2.24) is 14.7 Å². The number of urea groups is 1. The van der Waals surface area contributed by atoms with E-state index in [0.717, 1.165) is 12.1 Å². The fraction of sp³-hybridized carbons (Fsp3) is 0.154. The maximum Gasteiger partial charge on any atom is 0.404 e. The first-order valence-corrected chi connectivity index (χ1v) is 8.32. The van der Waals surface area contributed by atoms with Crippen LogP contribution in [0.2, 0.25) is 0 Å². The van der Waals surface area contributed by atoms with E-state index in [1.165, 1.54) is 26.2 Å². The van der Waals surface area contributed by atoms with E-state index in [1.54, 1.807) is 4.72 Å². The largest absolute Gasteiger partial charge is 0.752 e. The van der Waals surface area contributed by atoms with Crippen molar-refractivity contribution in [2.45, 2.75) is 11.8 Å². The molecule has 138 valence electrons. The van der Waals surface area contributed by atoms with Crippen LogP contribution in [0.25, 0.3) is 0 Å². The number of nitrogens with one attached hydrogen (secondary N) is 2. The number of rotatable bonds is 5. The Bertz CT molecular complexity index is 977.